The molecule has 1 fully saturated rings. The summed E-state index contributed by atoms with van der Waals surface area (Å²) < 4.78 is 14.7. The first-order valence-corrected chi connectivity index (χ1v) is 8.61. The van der Waals surface area contributed by atoms with E-state index in [-0.39, 0.29) is 17.8 Å². The van der Waals surface area contributed by atoms with Crippen LogP contribution in [0.3, 0.4) is 0 Å². The van der Waals surface area contributed by atoms with E-state index < -0.39 is 0 Å². The highest BCUT2D eigenvalue weighted by molar-refractivity contribution is 5.94. The number of nitrogens with one attached hydrogen (secondary N) is 1. The maximum atomic E-state index is 13.0. The van der Waals surface area contributed by atoms with Gasteiger partial charge in [0.2, 0.25) is 0 Å². The number of aromatic nitrogens is 2. The van der Waals surface area contributed by atoms with E-state index in [1.165, 1.54) is 24.3 Å². The molecule has 1 aromatic heterocycles. The van der Waals surface area contributed by atoms with Crippen molar-refractivity contribution in [1.29, 1.82) is 0 Å². The van der Waals surface area contributed by atoms with Crippen molar-refractivity contribution >= 4 is 17.6 Å². The molecule has 1 aromatic carbocycles. The van der Waals surface area contributed by atoms with Gasteiger partial charge in [-0.2, -0.15) is 5.10 Å². The van der Waals surface area contributed by atoms with E-state index in [1.807, 2.05) is 14.0 Å². The number of carbonyl (C=O) groups excluding carboxylic acids is 2. The Morgan fingerprint density at radius 3 is 2.35 bits per heavy atom. The number of urea groups is 1. The lowest BCUT2D eigenvalue weighted by molar-refractivity contribution is 0.0671. The summed E-state index contributed by atoms with van der Waals surface area (Å²) in [6.07, 6.45) is 2.52. The summed E-state index contributed by atoms with van der Waals surface area (Å²) in [5, 5.41) is 7.20. The van der Waals surface area contributed by atoms with Crippen LogP contribution in [0.2, 0.25) is 0 Å². The number of carbonyl (C=O) groups is 2. The standard InChI is InChI=1S/C18H22FN5O2/c1-3-15-16(12-22(2)21-15)20-18(26)24-10-8-23(9-11-24)17(25)13-4-6-14(19)7-5-13/h4-7,12H,3,8-11H2,1-2H3,(H,20,26). The second-order valence-electron chi connectivity index (χ2n) is 6.23. The smallest absolute Gasteiger partial charge is 0.322 e. The number of anilines is 1. The molecule has 3 rings (SSSR count). The molecule has 1 saturated heterocycles. The van der Waals surface area contributed by atoms with Crippen molar-refractivity contribution in [2.75, 3.05) is 31.5 Å². The lowest BCUT2D eigenvalue weighted by Gasteiger charge is -2.34. The molecule has 1 aliphatic rings. The second-order valence-corrected chi connectivity index (χ2v) is 6.23. The monoisotopic (exact) mass is 359 g/mol. The number of hydrogen-bond donors (Lipinski definition) is 1. The third-order valence-corrected chi connectivity index (χ3v) is 4.43. The van der Waals surface area contributed by atoms with Gasteiger partial charge in [0.05, 0.1) is 11.4 Å². The normalized spacial score (nSPS) is 14.4. The predicted molar refractivity (Wildman–Crippen MR) is 95.5 cm³/mol. The minimum absolute atomic E-state index is 0.148. The van der Waals surface area contributed by atoms with Crippen molar-refractivity contribution in [3.63, 3.8) is 0 Å². The highest BCUT2D eigenvalue weighted by Gasteiger charge is 2.25. The molecule has 0 saturated carbocycles. The van der Waals surface area contributed by atoms with Crippen LogP contribution in [-0.2, 0) is 13.5 Å². The van der Waals surface area contributed by atoms with E-state index in [9.17, 15) is 14.0 Å². The summed E-state index contributed by atoms with van der Waals surface area (Å²) in [5.41, 5.74) is 2.00. The molecular formula is C18H22FN5O2. The van der Waals surface area contributed by atoms with Gasteiger partial charge in [0.15, 0.2) is 0 Å². The Balaban J connectivity index is 1.56. The van der Waals surface area contributed by atoms with E-state index in [1.54, 1.807) is 20.7 Å². The van der Waals surface area contributed by atoms with Gasteiger partial charge in [-0.25, -0.2) is 9.18 Å². The quantitative estimate of drug-likeness (QED) is 0.912. The van der Waals surface area contributed by atoms with Crippen LogP contribution in [0.5, 0.6) is 0 Å². The zero-order valence-electron chi connectivity index (χ0n) is 14.9. The molecule has 2 aromatic rings. The number of piperazine rings is 1. The Bertz CT molecular complexity index is 794. The second kappa shape index (κ2) is 7.55. The summed E-state index contributed by atoms with van der Waals surface area (Å²) >= 11 is 0. The molecular weight excluding hydrogens is 337 g/mol. The summed E-state index contributed by atoms with van der Waals surface area (Å²) in [6, 6.07) is 5.31. The van der Waals surface area contributed by atoms with Gasteiger partial charge < -0.3 is 15.1 Å². The van der Waals surface area contributed by atoms with E-state index in [0.29, 0.717) is 37.4 Å². The third-order valence-electron chi connectivity index (χ3n) is 4.43. The minimum Gasteiger partial charge on any atom is -0.335 e. The highest BCUT2D eigenvalue weighted by atomic mass is 19.1. The molecule has 0 aliphatic carbocycles. The number of rotatable bonds is 3. The van der Waals surface area contributed by atoms with Crippen molar-refractivity contribution in [1.82, 2.24) is 19.6 Å². The summed E-state index contributed by atoms with van der Waals surface area (Å²) in [7, 11) is 1.81. The van der Waals surface area contributed by atoms with Crippen LogP contribution in [-0.4, -0.2) is 57.7 Å². The van der Waals surface area contributed by atoms with Crippen molar-refractivity contribution in [3.8, 4) is 0 Å². The molecule has 26 heavy (non-hydrogen) atoms. The Kier molecular flexibility index (Phi) is 5.20. The zero-order valence-corrected chi connectivity index (χ0v) is 14.9. The summed E-state index contributed by atoms with van der Waals surface area (Å²) in [5.74, 6) is -0.518. The third kappa shape index (κ3) is 3.84. The Morgan fingerprint density at radius 2 is 1.73 bits per heavy atom. The largest absolute Gasteiger partial charge is 0.335 e. The van der Waals surface area contributed by atoms with Crippen molar-refractivity contribution in [2.45, 2.75) is 13.3 Å². The number of halogens is 1. The fraction of sp³-hybridized carbons (Fsp3) is 0.389. The molecule has 8 heteroatoms. The molecule has 2 heterocycles. The average molecular weight is 359 g/mol. The van der Waals surface area contributed by atoms with E-state index in [2.05, 4.69) is 10.4 Å². The van der Waals surface area contributed by atoms with Crippen LogP contribution >= 0.6 is 0 Å². The average Bonchev–Trinajstić information content (AvgIpc) is 3.01. The molecule has 138 valence electrons. The first-order valence-electron chi connectivity index (χ1n) is 8.61. The SMILES string of the molecule is CCc1nn(C)cc1NC(=O)N1CCN(C(=O)c2ccc(F)cc2)CC1. The fourth-order valence-electron chi connectivity index (χ4n) is 2.98. The van der Waals surface area contributed by atoms with Gasteiger partial charge in [-0.1, -0.05) is 6.92 Å². The molecule has 1 N–H and O–H groups in total. The first kappa shape index (κ1) is 17.9. The summed E-state index contributed by atoms with van der Waals surface area (Å²) in [4.78, 5) is 28.3. The van der Waals surface area contributed by atoms with Crippen molar-refractivity contribution < 1.29 is 14.0 Å². The van der Waals surface area contributed by atoms with E-state index in [0.717, 1.165) is 12.1 Å². The maximum absolute atomic E-state index is 13.0. The minimum atomic E-state index is -0.370. The summed E-state index contributed by atoms with van der Waals surface area (Å²) in [6.45, 7) is 3.76. The molecule has 3 amide bonds. The number of nitrogens with zero attached hydrogens (tertiary/aromatic N) is 4. The molecule has 0 bridgehead atoms. The van der Waals surface area contributed by atoms with Crippen LogP contribution < -0.4 is 5.32 Å². The molecule has 0 unspecified atom stereocenters. The number of benzene rings is 1. The predicted octanol–water partition coefficient (Wildman–Crippen LogP) is 2.11. The van der Waals surface area contributed by atoms with Crippen LogP contribution in [0.25, 0.3) is 0 Å². The van der Waals surface area contributed by atoms with E-state index >= 15 is 0 Å². The maximum Gasteiger partial charge on any atom is 0.322 e. The number of amides is 3. The van der Waals surface area contributed by atoms with Crippen LogP contribution in [0.1, 0.15) is 23.0 Å². The zero-order chi connectivity index (χ0) is 18.7. The Hall–Kier alpha value is -2.90. The van der Waals surface area contributed by atoms with Gasteiger partial charge in [0, 0.05) is 45.0 Å². The van der Waals surface area contributed by atoms with Gasteiger partial charge >= 0.3 is 6.03 Å². The van der Waals surface area contributed by atoms with Gasteiger partial charge in [-0.15, -0.1) is 0 Å². The number of aryl methyl sites for hydroxylation is 2. The molecule has 0 spiro atoms. The molecule has 1 aliphatic heterocycles. The first-order chi connectivity index (χ1) is 12.5. The molecule has 7 nitrogen and oxygen atoms in total. The Labute approximate surface area is 151 Å². The number of hydrogen-bond acceptors (Lipinski definition) is 3. The van der Waals surface area contributed by atoms with Crippen LogP contribution in [0.4, 0.5) is 14.9 Å². The topological polar surface area (TPSA) is 70.5 Å². The van der Waals surface area contributed by atoms with Gasteiger partial charge in [-0.3, -0.25) is 9.48 Å². The van der Waals surface area contributed by atoms with Crippen molar-refractivity contribution in [2.24, 2.45) is 7.05 Å². The molecule has 0 radical (unpaired) electrons. The highest BCUT2D eigenvalue weighted by Crippen LogP contribution is 2.16. The molecule has 0 atom stereocenters. The van der Waals surface area contributed by atoms with E-state index in [4.69, 9.17) is 0 Å². The van der Waals surface area contributed by atoms with Crippen LogP contribution in [0.15, 0.2) is 30.5 Å². The lowest BCUT2D eigenvalue weighted by atomic mass is 10.2. The Morgan fingerprint density at radius 1 is 1.12 bits per heavy atom. The van der Waals surface area contributed by atoms with Gasteiger partial charge in [0.1, 0.15) is 5.82 Å². The lowest BCUT2D eigenvalue weighted by Crippen LogP contribution is -2.51. The fourth-order valence-corrected chi connectivity index (χ4v) is 2.98. The van der Waals surface area contributed by atoms with Gasteiger partial charge in [-0.05, 0) is 30.7 Å². The van der Waals surface area contributed by atoms with Crippen molar-refractivity contribution in [3.05, 3.63) is 47.5 Å². The van der Waals surface area contributed by atoms with Gasteiger partial charge in [0.25, 0.3) is 5.91 Å². The van der Waals surface area contributed by atoms with Crippen LogP contribution in [0, 0.1) is 5.82 Å².